The SMILES string of the molecule is C1CCN(c2nnc(CCN3CCNCC3)s2)C1. The lowest BCUT2D eigenvalue weighted by Crippen LogP contribution is -2.44. The first-order valence-corrected chi connectivity index (χ1v) is 7.74. The van der Waals surface area contributed by atoms with Crippen molar-refractivity contribution in [1.82, 2.24) is 20.4 Å². The fourth-order valence-corrected chi connectivity index (χ4v) is 3.45. The minimum Gasteiger partial charge on any atom is -0.347 e. The average molecular weight is 267 g/mol. The van der Waals surface area contributed by atoms with Gasteiger partial charge in [-0.05, 0) is 12.8 Å². The summed E-state index contributed by atoms with van der Waals surface area (Å²) in [4.78, 5) is 4.87. The molecule has 0 unspecified atom stereocenters. The van der Waals surface area contributed by atoms with Gasteiger partial charge in [0, 0.05) is 52.2 Å². The molecular formula is C12H21N5S. The van der Waals surface area contributed by atoms with E-state index >= 15 is 0 Å². The van der Waals surface area contributed by atoms with Gasteiger partial charge in [0.2, 0.25) is 5.13 Å². The Balaban J connectivity index is 1.50. The lowest BCUT2D eigenvalue weighted by molar-refractivity contribution is 0.243. The van der Waals surface area contributed by atoms with Crippen molar-refractivity contribution in [1.29, 1.82) is 0 Å². The fourth-order valence-electron chi connectivity index (χ4n) is 2.57. The topological polar surface area (TPSA) is 44.3 Å². The van der Waals surface area contributed by atoms with Gasteiger partial charge in [-0.1, -0.05) is 11.3 Å². The summed E-state index contributed by atoms with van der Waals surface area (Å²) < 4.78 is 0. The molecule has 0 spiro atoms. The Labute approximate surface area is 112 Å². The number of nitrogens with one attached hydrogen (secondary N) is 1. The van der Waals surface area contributed by atoms with Crippen molar-refractivity contribution in [2.75, 3.05) is 50.7 Å². The van der Waals surface area contributed by atoms with Crippen LogP contribution in [-0.4, -0.2) is 60.9 Å². The van der Waals surface area contributed by atoms with Gasteiger partial charge < -0.3 is 15.1 Å². The van der Waals surface area contributed by atoms with Crippen molar-refractivity contribution in [3.8, 4) is 0 Å². The molecule has 1 aromatic rings. The molecule has 1 N–H and O–H groups in total. The van der Waals surface area contributed by atoms with E-state index in [1.807, 2.05) is 0 Å². The predicted octanol–water partition coefficient (Wildman–Crippen LogP) is 0.586. The summed E-state index contributed by atoms with van der Waals surface area (Å²) >= 11 is 1.78. The molecule has 0 aromatic carbocycles. The van der Waals surface area contributed by atoms with E-state index in [0.717, 1.165) is 57.4 Å². The van der Waals surface area contributed by atoms with E-state index in [4.69, 9.17) is 0 Å². The first-order chi connectivity index (χ1) is 8.92. The third kappa shape index (κ3) is 2.99. The number of nitrogens with zero attached hydrogens (tertiary/aromatic N) is 4. The van der Waals surface area contributed by atoms with E-state index in [9.17, 15) is 0 Å². The van der Waals surface area contributed by atoms with Crippen LogP contribution >= 0.6 is 11.3 Å². The molecule has 0 bridgehead atoms. The lowest BCUT2D eigenvalue weighted by atomic mass is 10.3. The van der Waals surface area contributed by atoms with Gasteiger partial charge in [0.1, 0.15) is 5.01 Å². The second-order valence-electron chi connectivity index (χ2n) is 5.01. The van der Waals surface area contributed by atoms with Crippen LogP contribution in [0.5, 0.6) is 0 Å². The van der Waals surface area contributed by atoms with Crippen LogP contribution < -0.4 is 10.2 Å². The quantitative estimate of drug-likeness (QED) is 0.865. The Kier molecular flexibility index (Phi) is 4.07. The van der Waals surface area contributed by atoms with Crippen molar-refractivity contribution in [3.05, 3.63) is 5.01 Å². The highest BCUT2D eigenvalue weighted by Gasteiger charge is 2.17. The molecule has 18 heavy (non-hydrogen) atoms. The third-order valence-electron chi connectivity index (χ3n) is 3.68. The molecule has 6 heteroatoms. The molecule has 100 valence electrons. The van der Waals surface area contributed by atoms with Crippen LogP contribution in [0.15, 0.2) is 0 Å². The first-order valence-electron chi connectivity index (χ1n) is 6.92. The zero-order valence-corrected chi connectivity index (χ0v) is 11.6. The number of hydrogen-bond acceptors (Lipinski definition) is 6. The van der Waals surface area contributed by atoms with Gasteiger partial charge in [-0.15, -0.1) is 10.2 Å². The second kappa shape index (κ2) is 5.95. The molecule has 5 nitrogen and oxygen atoms in total. The molecule has 1 aromatic heterocycles. The van der Waals surface area contributed by atoms with Crippen LogP contribution in [0.3, 0.4) is 0 Å². The van der Waals surface area contributed by atoms with Crippen molar-refractivity contribution in [2.45, 2.75) is 19.3 Å². The molecule has 0 radical (unpaired) electrons. The van der Waals surface area contributed by atoms with Crippen LogP contribution in [0, 0.1) is 0 Å². The van der Waals surface area contributed by atoms with E-state index in [1.54, 1.807) is 11.3 Å². The van der Waals surface area contributed by atoms with Gasteiger partial charge in [-0.3, -0.25) is 0 Å². The highest BCUT2D eigenvalue weighted by molar-refractivity contribution is 7.15. The number of aromatic nitrogens is 2. The maximum Gasteiger partial charge on any atom is 0.208 e. The molecular weight excluding hydrogens is 246 g/mol. The van der Waals surface area contributed by atoms with Crippen molar-refractivity contribution in [3.63, 3.8) is 0 Å². The summed E-state index contributed by atoms with van der Waals surface area (Å²) in [5.74, 6) is 0. The molecule has 3 heterocycles. The summed E-state index contributed by atoms with van der Waals surface area (Å²) in [5.41, 5.74) is 0. The second-order valence-corrected chi connectivity index (χ2v) is 6.05. The summed E-state index contributed by atoms with van der Waals surface area (Å²) in [6.45, 7) is 8.01. The number of anilines is 1. The van der Waals surface area contributed by atoms with Crippen LogP contribution in [0.1, 0.15) is 17.8 Å². The Morgan fingerprint density at radius 1 is 1.06 bits per heavy atom. The Morgan fingerprint density at radius 2 is 1.83 bits per heavy atom. The van der Waals surface area contributed by atoms with E-state index in [1.165, 1.54) is 17.8 Å². The normalized spacial score (nSPS) is 21.7. The highest BCUT2D eigenvalue weighted by atomic mass is 32.1. The zero-order valence-electron chi connectivity index (χ0n) is 10.8. The first kappa shape index (κ1) is 12.3. The van der Waals surface area contributed by atoms with E-state index in [2.05, 4.69) is 25.3 Å². The van der Waals surface area contributed by atoms with Crippen LogP contribution in [-0.2, 0) is 6.42 Å². The van der Waals surface area contributed by atoms with Gasteiger partial charge in [-0.2, -0.15) is 0 Å². The highest BCUT2D eigenvalue weighted by Crippen LogP contribution is 2.24. The molecule has 2 fully saturated rings. The lowest BCUT2D eigenvalue weighted by Gasteiger charge is -2.26. The monoisotopic (exact) mass is 267 g/mol. The molecule has 0 saturated carbocycles. The molecule has 2 aliphatic rings. The molecule has 0 aliphatic carbocycles. The summed E-state index contributed by atoms with van der Waals surface area (Å²) in [6, 6.07) is 0. The largest absolute Gasteiger partial charge is 0.347 e. The van der Waals surface area contributed by atoms with Gasteiger partial charge in [0.25, 0.3) is 0 Å². The van der Waals surface area contributed by atoms with Crippen LogP contribution in [0.4, 0.5) is 5.13 Å². The maximum atomic E-state index is 4.33. The Morgan fingerprint density at radius 3 is 2.61 bits per heavy atom. The molecule has 0 amide bonds. The van der Waals surface area contributed by atoms with Crippen molar-refractivity contribution in [2.24, 2.45) is 0 Å². The van der Waals surface area contributed by atoms with Gasteiger partial charge in [0.15, 0.2) is 0 Å². The van der Waals surface area contributed by atoms with Crippen molar-refractivity contribution >= 4 is 16.5 Å². The van der Waals surface area contributed by atoms with Gasteiger partial charge >= 0.3 is 0 Å². The standard InChI is InChI=1S/C12H21N5S/c1-2-7-17(6-1)12-15-14-11(18-12)3-8-16-9-4-13-5-10-16/h13H,1-10H2. The van der Waals surface area contributed by atoms with Gasteiger partial charge in [-0.25, -0.2) is 0 Å². The van der Waals surface area contributed by atoms with Crippen LogP contribution in [0.2, 0.25) is 0 Å². The van der Waals surface area contributed by atoms with E-state index in [-0.39, 0.29) is 0 Å². The number of rotatable bonds is 4. The zero-order chi connectivity index (χ0) is 12.2. The summed E-state index contributed by atoms with van der Waals surface area (Å²) in [7, 11) is 0. The minimum atomic E-state index is 1.05. The number of piperazine rings is 1. The smallest absolute Gasteiger partial charge is 0.208 e. The minimum absolute atomic E-state index is 1.05. The molecule has 2 aliphatic heterocycles. The molecule has 3 rings (SSSR count). The van der Waals surface area contributed by atoms with E-state index in [0.29, 0.717) is 0 Å². The van der Waals surface area contributed by atoms with Gasteiger partial charge in [0.05, 0.1) is 0 Å². The predicted molar refractivity (Wildman–Crippen MR) is 74.4 cm³/mol. The maximum absolute atomic E-state index is 4.33. The third-order valence-corrected chi connectivity index (χ3v) is 4.73. The van der Waals surface area contributed by atoms with Crippen LogP contribution in [0.25, 0.3) is 0 Å². The Bertz CT molecular complexity index is 368. The van der Waals surface area contributed by atoms with E-state index < -0.39 is 0 Å². The average Bonchev–Trinajstić information content (AvgIpc) is 3.08. The summed E-state index contributed by atoms with van der Waals surface area (Å²) in [5, 5.41) is 14.4. The molecule has 2 saturated heterocycles. The Hall–Kier alpha value is -0.720. The molecule has 0 atom stereocenters. The van der Waals surface area contributed by atoms with Crippen molar-refractivity contribution < 1.29 is 0 Å². The number of hydrogen-bond donors (Lipinski definition) is 1. The fraction of sp³-hybridized carbons (Fsp3) is 0.833. The summed E-state index contributed by atoms with van der Waals surface area (Å²) in [6.07, 6.45) is 3.65.